The topological polar surface area (TPSA) is 142 Å². The minimum atomic E-state index is -0.476. The quantitative estimate of drug-likeness (QED) is 0.431. The van der Waals surface area contributed by atoms with Crippen molar-refractivity contribution in [2.45, 2.75) is 6.92 Å². The fourth-order valence-electron chi connectivity index (χ4n) is 1.54. The van der Waals surface area contributed by atoms with E-state index in [0.717, 1.165) is 0 Å². The van der Waals surface area contributed by atoms with E-state index in [9.17, 15) is 10.1 Å². The second kappa shape index (κ2) is 5.36. The average molecular weight is 276 g/mol. The molecule has 0 saturated heterocycles. The summed E-state index contributed by atoms with van der Waals surface area (Å²) in [6, 6.07) is 5.69. The Morgan fingerprint density at radius 2 is 2.10 bits per heavy atom. The highest BCUT2D eigenvalue weighted by atomic mass is 16.6. The van der Waals surface area contributed by atoms with E-state index in [0.29, 0.717) is 17.1 Å². The van der Waals surface area contributed by atoms with Crippen molar-refractivity contribution in [3.63, 3.8) is 0 Å². The van der Waals surface area contributed by atoms with Crippen LogP contribution in [-0.4, -0.2) is 14.9 Å². The number of rotatable bonds is 4. The second-order valence-electron chi connectivity index (χ2n) is 3.90. The Hall–Kier alpha value is -2.94. The number of ether oxygens (including phenoxy) is 1. The Bertz CT molecular complexity index is 661. The molecule has 0 radical (unpaired) electrons. The molecular formula is C11H12N6O3. The molecule has 0 atom stereocenters. The number of nitrogens with one attached hydrogen (secondary N) is 1. The number of anilines is 2. The Morgan fingerprint density at radius 3 is 2.70 bits per heavy atom. The number of nitro groups is 1. The molecule has 5 N–H and O–H groups in total. The van der Waals surface area contributed by atoms with Crippen LogP contribution in [0.15, 0.2) is 24.3 Å². The number of aromatic nitrogens is 2. The minimum Gasteiger partial charge on any atom is -0.438 e. The van der Waals surface area contributed by atoms with Gasteiger partial charge in [-0.2, -0.15) is 9.97 Å². The molecule has 2 rings (SSSR count). The summed E-state index contributed by atoms with van der Waals surface area (Å²) in [5.41, 5.74) is 8.42. The van der Waals surface area contributed by atoms with E-state index in [-0.39, 0.29) is 17.5 Å². The molecule has 1 aromatic carbocycles. The van der Waals surface area contributed by atoms with Crippen LogP contribution in [-0.2, 0) is 0 Å². The van der Waals surface area contributed by atoms with Crippen molar-refractivity contribution in [2.24, 2.45) is 5.84 Å². The Labute approximate surface area is 113 Å². The summed E-state index contributed by atoms with van der Waals surface area (Å²) >= 11 is 0. The van der Waals surface area contributed by atoms with Gasteiger partial charge in [0.05, 0.1) is 4.92 Å². The van der Waals surface area contributed by atoms with Gasteiger partial charge in [0.2, 0.25) is 11.8 Å². The summed E-state index contributed by atoms with van der Waals surface area (Å²) in [5.74, 6) is 6.14. The summed E-state index contributed by atoms with van der Waals surface area (Å²) in [5, 5.41) is 10.7. The van der Waals surface area contributed by atoms with E-state index in [1.165, 1.54) is 24.3 Å². The third kappa shape index (κ3) is 2.90. The first kappa shape index (κ1) is 13.5. The van der Waals surface area contributed by atoms with Crippen LogP contribution in [0, 0.1) is 17.0 Å². The smallest absolute Gasteiger partial charge is 0.269 e. The lowest BCUT2D eigenvalue weighted by Crippen LogP contribution is -2.10. The van der Waals surface area contributed by atoms with Crippen molar-refractivity contribution in [3.8, 4) is 11.6 Å². The zero-order valence-corrected chi connectivity index (χ0v) is 10.5. The molecule has 0 aliphatic heterocycles. The van der Waals surface area contributed by atoms with Gasteiger partial charge in [-0.15, -0.1) is 0 Å². The number of benzene rings is 1. The standard InChI is InChI=1S/C11H12N6O3/c1-6-4-7(17(18)19)2-3-8(6)20-10-5-9(16-13)14-11(12)15-10/h2-5H,13H2,1H3,(H3,12,14,15,16). The van der Waals surface area contributed by atoms with Crippen LogP contribution in [0.4, 0.5) is 17.5 Å². The van der Waals surface area contributed by atoms with Crippen LogP contribution in [0.1, 0.15) is 5.56 Å². The lowest BCUT2D eigenvalue weighted by molar-refractivity contribution is -0.384. The minimum absolute atomic E-state index is 0.00462. The fourth-order valence-corrected chi connectivity index (χ4v) is 1.54. The Morgan fingerprint density at radius 1 is 1.35 bits per heavy atom. The van der Waals surface area contributed by atoms with E-state index in [1.807, 2.05) is 0 Å². The Kier molecular flexibility index (Phi) is 3.62. The van der Waals surface area contributed by atoms with Crippen LogP contribution in [0.2, 0.25) is 0 Å². The number of hydrogen-bond acceptors (Lipinski definition) is 8. The van der Waals surface area contributed by atoms with Crippen LogP contribution < -0.4 is 21.7 Å². The largest absolute Gasteiger partial charge is 0.438 e. The first-order chi connectivity index (χ1) is 9.49. The molecule has 0 fully saturated rings. The predicted molar refractivity (Wildman–Crippen MR) is 72.2 cm³/mol. The van der Waals surface area contributed by atoms with Crippen LogP contribution in [0.3, 0.4) is 0 Å². The van der Waals surface area contributed by atoms with Gasteiger partial charge in [-0.3, -0.25) is 10.1 Å². The maximum atomic E-state index is 10.7. The number of hydrazine groups is 1. The van der Waals surface area contributed by atoms with Crippen molar-refractivity contribution < 1.29 is 9.66 Å². The van der Waals surface area contributed by atoms with Gasteiger partial charge in [-0.25, -0.2) is 5.84 Å². The highest BCUT2D eigenvalue weighted by molar-refractivity contribution is 5.47. The first-order valence-electron chi connectivity index (χ1n) is 5.53. The number of hydrogen-bond donors (Lipinski definition) is 3. The summed E-state index contributed by atoms with van der Waals surface area (Å²) < 4.78 is 5.52. The van der Waals surface area contributed by atoms with Crippen LogP contribution in [0.5, 0.6) is 11.6 Å². The SMILES string of the molecule is Cc1cc([N+](=O)[O-])ccc1Oc1cc(NN)nc(N)n1. The first-order valence-corrected chi connectivity index (χ1v) is 5.53. The fraction of sp³-hybridized carbons (Fsp3) is 0.0909. The summed E-state index contributed by atoms with van der Waals surface area (Å²) in [4.78, 5) is 17.9. The molecule has 9 heteroatoms. The normalized spacial score (nSPS) is 10.1. The molecule has 104 valence electrons. The van der Waals surface area contributed by atoms with E-state index < -0.39 is 4.92 Å². The van der Waals surface area contributed by atoms with Gasteiger partial charge in [0, 0.05) is 18.2 Å². The van der Waals surface area contributed by atoms with Crippen LogP contribution in [0.25, 0.3) is 0 Å². The van der Waals surface area contributed by atoms with Crippen molar-refractivity contribution in [1.82, 2.24) is 9.97 Å². The number of nitrogen functional groups attached to an aromatic ring is 2. The summed E-state index contributed by atoms with van der Waals surface area (Å²) in [6.07, 6.45) is 0. The molecule has 0 bridgehead atoms. The maximum absolute atomic E-state index is 10.7. The second-order valence-corrected chi connectivity index (χ2v) is 3.90. The van der Waals surface area contributed by atoms with Gasteiger partial charge >= 0.3 is 0 Å². The average Bonchev–Trinajstić information content (AvgIpc) is 2.40. The Balaban J connectivity index is 2.30. The van der Waals surface area contributed by atoms with Gasteiger partial charge < -0.3 is 15.9 Å². The lowest BCUT2D eigenvalue weighted by Gasteiger charge is -2.09. The molecule has 0 unspecified atom stereocenters. The van der Waals surface area contributed by atoms with Crippen molar-refractivity contribution in [1.29, 1.82) is 0 Å². The molecular weight excluding hydrogens is 264 g/mol. The molecule has 0 aliphatic carbocycles. The molecule has 9 nitrogen and oxygen atoms in total. The molecule has 0 saturated carbocycles. The highest BCUT2D eigenvalue weighted by Gasteiger charge is 2.11. The monoisotopic (exact) mass is 276 g/mol. The summed E-state index contributed by atoms with van der Waals surface area (Å²) in [6.45, 7) is 1.69. The molecule has 0 spiro atoms. The van der Waals surface area contributed by atoms with E-state index in [2.05, 4.69) is 15.4 Å². The predicted octanol–water partition coefficient (Wildman–Crippen LogP) is 1.35. The molecule has 2 aromatic rings. The number of nitro benzene ring substituents is 1. The van der Waals surface area contributed by atoms with Crippen molar-refractivity contribution in [3.05, 3.63) is 39.9 Å². The lowest BCUT2D eigenvalue weighted by atomic mass is 10.2. The van der Waals surface area contributed by atoms with E-state index in [1.54, 1.807) is 6.92 Å². The highest BCUT2D eigenvalue weighted by Crippen LogP contribution is 2.28. The number of nitrogens with two attached hydrogens (primary N) is 2. The summed E-state index contributed by atoms with van der Waals surface area (Å²) in [7, 11) is 0. The van der Waals surface area contributed by atoms with Crippen molar-refractivity contribution >= 4 is 17.5 Å². The van der Waals surface area contributed by atoms with E-state index in [4.69, 9.17) is 16.3 Å². The van der Waals surface area contributed by atoms with Crippen LogP contribution >= 0.6 is 0 Å². The number of aryl methyl sites for hydroxylation is 1. The number of non-ortho nitro benzene ring substituents is 1. The third-order valence-corrected chi connectivity index (χ3v) is 2.45. The third-order valence-electron chi connectivity index (χ3n) is 2.45. The molecule has 0 amide bonds. The van der Waals surface area contributed by atoms with Gasteiger partial charge in [-0.05, 0) is 18.6 Å². The molecule has 1 heterocycles. The zero-order chi connectivity index (χ0) is 14.7. The van der Waals surface area contributed by atoms with Gasteiger partial charge in [0.25, 0.3) is 5.69 Å². The van der Waals surface area contributed by atoms with Gasteiger partial charge in [-0.1, -0.05) is 0 Å². The maximum Gasteiger partial charge on any atom is 0.269 e. The van der Waals surface area contributed by atoms with Gasteiger partial charge in [0.15, 0.2) is 0 Å². The number of nitrogens with zero attached hydrogens (tertiary/aromatic N) is 3. The zero-order valence-electron chi connectivity index (χ0n) is 10.5. The molecule has 20 heavy (non-hydrogen) atoms. The van der Waals surface area contributed by atoms with Crippen molar-refractivity contribution in [2.75, 3.05) is 11.2 Å². The molecule has 1 aromatic heterocycles. The van der Waals surface area contributed by atoms with Gasteiger partial charge in [0.1, 0.15) is 11.6 Å². The molecule has 0 aliphatic rings. The van der Waals surface area contributed by atoms with E-state index >= 15 is 0 Å².